The van der Waals surface area contributed by atoms with Gasteiger partial charge in [-0.3, -0.25) is 0 Å². The first kappa shape index (κ1) is 14.4. The van der Waals surface area contributed by atoms with Crippen molar-refractivity contribution >= 4 is 17.8 Å². The third-order valence-corrected chi connectivity index (χ3v) is 3.62. The highest BCUT2D eigenvalue weighted by atomic mass is 32.2. The van der Waals surface area contributed by atoms with E-state index in [1.165, 1.54) is 49.8 Å². The fourth-order valence-electron chi connectivity index (χ4n) is 1.72. The lowest BCUT2D eigenvalue weighted by Crippen LogP contribution is -1.80. The Morgan fingerprint density at radius 1 is 0.941 bits per heavy atom. The molecule has 0 heterocycles. The standard InChI is InChI=1S/C16H24S/c1-2-3-4-5-6-10-14-17-15-13-16-11-8-7-9-12-16/h7-9,11-13,15H,2-6,10,14H2,1H3/b15-13-. The second-order valence-corrected chi connectivity index (χ2v) is 5.37. The minimum absolute atomic E-state index is 1.26. The van der Waals surface area contributed by atoms with Gasteiger partial charge < -0.3 is 0 Å². The molecule has 0 unspecified atom stereocenters. The Hall–Kier alpha value is -0.690. The van der Waals surface area contributed by atoms with Crippen molar-refractivity contribution in [3.8, 4) is 0 Å². The number of unbranched alkanes of at least 4 members (excludes halogenated alkanes) is 5. The molecular weight excluding hydrogens is 224 g/mol. The lowest BCUT2D eigenvalue weighted by molar-refractivity contribution is 0.627. The van der Waals surface area contributed by atoms with Gasteiger partial charge in [-0.1, -0.05) is 69.4 Å². The van der Waals surface area contributed by atoms with E-state index in [1.807, 2.05) is 11.8 Å². The van der Waals surface area contributed by atoms with Crippen molar-refractivity contribution < 1.29 is 0 Å². The zero-order chi connectivity index (χ0) is 12.2. The summed E-state index contributed by atoms with van der Waals surface area (Å²) in [4.78, 5) is 0. The highest BCUT2D eigenvalue weighted by molar-refractivity contribution is 8.02. The summed E-state index contributed by atoms with van der Waals surface area (Å²) < 4.78 is 0. The van der Waals surface area contributed by atoms with E-state index in [9.17, 15) is 0 Å². The molecule has 0 aromatic heterocycles. The van der Waals surface area contributed by atoms with E-state index in [4.69, 9.17) is 0 Å². The molecule has 1 rings (SSSR count). The lowest BCUT2D eigenvalue weighted by atomic mass is 10.1. The Balaban J connectivity index is 1.95. The van der Waals surface area contributed by atoms with Crippen molar-refractivity contribution in [2.75, 3.05) is 5.75 Å². The van der Waals surface area contributed by atoms with Crippen LogP contribution in [0, 0.1) is 0 Å². The average Bonchev–Trinajstić information content (AvgIpc) is 2.38. The third-order valence-electron chi connectivity index (χ3n) is 2.77. The molecule has 0 amide bonds. The normalized spacial score (nSPS) is 11.1. The first-order valence-corrected chi connectivity index (χ1v) is 7.81. The number of thioether (sulfide) groups is 1. The molecule has 1 heteroatoms. The summed E-state index contributed by atoms with van der Waals surface area (Å²) >= 11 is 1.93. The molecule has 0 nitrogen and oxygen atoms in total. The molecule has 0 saturated carbocycles. The van der Waals surface area contributed by atoms with Crippen LogP contribution in [0.4, 0.5) is 0 Å². The van der Waals surface area contributed by atoms with Crippen LogP contribution in [0.2, 0.25) is 0 Å². The van der Waals surface area contributed by atoms with Crippen molar-refractivity contribution in [3.05, 3.63) is 41.3 Å². The van der Waals surface area contributed by atoms with Crippen LogP contribution in [0.25, 0.3) is 6.08 Å². The van der Waals surface area contributed by atoms with E-state index in [1.54, 1.807) is 0 Å². The third kappa shape index (κ3) is 8.09. The summed E-state index contributed by atoms with van der Waals surface area (Å²) in [6, 6.07) is 10.5. The molecule has 0 saturated heterocycles. The molecule has 0 fully saturated rings. The van der Waals surface area contributed by atoms with Crippen LogP contribution in [0.15, 0.2) is 35.7 Å². The van der Waals surface area contributed by atoms with E-state index >= 15 is 0 Å². The fraction of sp³-hybridized carbons (Fsp3) is 0.500. The molecule has 1 aromatic rings. The minimum atomic E-state index is 1.26. The maximum absolute atomic E-state index is 2.27. The second kappa shape index (κ2) is 10.5. The van der Waals surface area contributed by atoms with Crippen molar-refractivity contribution in [2.24, 2.45) is 0 Å². The van der Waals surface area contributed by atoms with Crippen LogP contribution >= 0.6 is 11.8 Å². The maximum atomic E-state index is 2.27. The smallest absolute Gasteiger partial charge is 0.00260 e. The second-order valence-electron chi connectivity index (χ2n) is 4.35. The summed E-state index contributed by atoms with van der Waals surface area (Å²) in [7, 11) is 0. The molecule has 17 heavy (non-hydrogen) atoms. The van der Waals surface area contributed by atoms with Crippen LogP contribution in [-0.2, 0) is 0 Å². The highest BCUT2D eigenvalue weighted by Gasteiger charge is 1.89. The van der Waals surface area contributed by atoms with E-state index in [0.717, 1.165) is 0 Å². The molecule has 0 N–H and O–H groups in total. The van der Waals surface area contributed by atoms with Gasteiger partial charge in [-0.25, -0.2) is 0 Å². The van der Waals surface area contributed by atoms with Crippen molar-refractivity contribution in [1.29, 1.82) is 0 Å². The number of benzene rings is 1. The Morgan fingerprint density at radius 2 is 1.65 bits per heavy atom. The number of hydrogen-bond donors (Lipinski definition) is 0. The predicted octanol–water partition coefficient (Wildman–Crippen LogP) is 5.75. The molecule has 0 aliphatic carbocycles. The lowest BCUT2D eigenvalue weighted by Gasteiger charge is -1.98. The summed E-state index contributed by atoms with van der Waals surface area (Å²) in [6.07, 6.45) is 10.5. The monoisotopic (exact) mass is 248 g/mol. The molecule has 0 radical (unpaired) electrons. The van der Waals surface area contributed by atoms with Crippen LogP contribution in [0.3, 0.4) is 0 Å². The van der Waals surface area contributed by atoms with Crippen molar-refractivity contribution in [2.45, 2.75) is 45.4 Å². The highest BCUT2D eigenvalue weighted by Crippen LogP contribution is 2.12. The molecule has 0 bridgehead atoms. The largest absolute Gasteiger partial charge is 0.134 e. The average molecular weight is 248 g/mol. The van der Waals surface area contributed by atoms with Gasteiger partial charge in [0.1, 0.15) is 0 Å². The number of hydrogen-bond acceptors (Lipinski definition) is 1. The molecule has 0 atom stereocenters. The Bertz CT molecular complexity index is 290. The SMILES string of the molecule is CCCCCCCCS/C=C\c1ccccc1. The van der Waals surface area contributed by atoms with E-state index in [-0.39, 0.29) is 0 Å². The molecule has 94 valence electrons. The summed E-state index contributed by atoms with van der Waals surface area (Å²) in [5.41, 5.74) is 1.29. The zero-order valence-electron chi connectivity index (χ0n) is 10.9. The van der Waals surface area contributed by atoms with Crippen molar-refractivity contribution in [1.82, 2.24) is 0 Å². The molecule has 1 aromatic carbocycles. The van der Waals surface area contributed by atoms with Crippen LogP contribution in [0.1, 0.15) is 51.0 Å². The quantitative estimate of drug-likeness (QED) is 0.501. The first-order chi connectivity index (χ1) is 8.43. The van der Waals surface area contributed by atoms with E-state index < -0.39 is 0 Å². The summed E-state index contributed by atoms with van der Waals surface area (Å²) in [5, 5.41) is 2.22. The molecule has 0 aliphatic rings. The van der Waals surface area contributed by atoms with Crippen LogP contribution < -0.4 is 0 Å². The zero-order valence-corrected chi connectivity index (χ0v) is 11.7. The minimum Gasteiger partial charge on any atom is -0.134 e. The summed E-state index contributed by atoms with van der Waals surface area (Å²) in [6.45, 7) is 2.27. The van der Waals surface area contributed by atoms with Gasteiger partial charge in [-0.2, -0.15) is 0 Å². The van der Waals surface area contributed by atoms with E-state index in [2.05, 4.69) is 48.7 Å². The van der Waals surface area contributed by atoms with Gasteiger partial charge in [0.15, 0.2) is 0 Å². The maximum Gasteiger partial charge on any atom is -0.00260 e. The summed E-state index contributed by atoms with van der Waals surface area (Å²) in [5.74, 6) is 1.26. The first-order valence-electron chi connectivity index (χ1n) is 6.76. The Morgan fingerprint density at radius 3 is 2.41 bits per heavy atom. The van der Waals surface area contributed by atoms with Crippen LogP contribution in [-0.4, -0.2) is 5.75 Å². The van der Waals surface area contributed by atoms with Gasteiger partial charge in [-0.05, 0) is 29.2 Å². The van der Waals surface area contributed by atoms with Gasteiger partial charge in [-0.15, -0.1) is 11.8 Å². The molecular formula is C16H24S. The van der Waals surface area contributed by atoms with E-state index in [0.29, 0.717) is 0 Å². The topological polar surface area (TPSA) is 0 Å². The van der Waals surface area contributed by atoms with Gasteiger partial charge in [0.25, 0.3) is 0 Å². The Labute approximate surface area is 111 Å². The van der Waals surface area contributed by atoms with Gasteiger partial charge in [0.2, 0.25) is 0 Å². The van der Waals surface area contributed by atoms with Crippen LogP contribution in [0.5, 0.6) is 0 Å². The predicted molar refractivity (Wildman–Crippen MR) is 81.3 cm³/mol. The van der Waals surface area contributed by atoms with Crippen molar-refractivity contribution in [3.63, 3.8) is 0 Å². The van der Waals surface area contributed by atoms with Gasteiger partial charge in [0, 0.05) is 0 Å². The number of rotatable bonds is 9. The molecule has 0 aliphatic heterocycles. The van der Waals surface area contributed by atoms with Gasteiger partial charge >= 0.3 is 0 Å². The van der Waals surface area contributed by atoms with Gasteiger partial charge in [0.05, 0.1) is 0 Å². The molecule has 0 spiro atoms. The fourth-order valence-corrected chi connectivity index (χ4v) is 2.48. The Kier molecular flexibility index (Phi) is 8.85.